The van der Waals surface area contributed by atoms with E-state index in [1.165, 1.54) is 13.2 Å². The maximum Gasteiger partial charge on any atom is 0.339 e. The molecule has 1 aromatic carbocycles. The van der Waals surface area contributed by atoms with Crippen molar-refractivity contribution in [1.29, 1.82) is 0 Å². The van der Waals surface area contributed by atoms with E-state index in [0.29, 0.717) is 5.75 Å². The van der Waals surface area contributed by atoms with E-state index in [-0.39, 0.29) is 5.56 Å². The number of aromatic carboxylic acids is 1. The third-order valence-electron chi connectivity index (χ3n) is 2.29. The maximum atomic E-state index is 10.5. The molecule has 0 spiro atoms. The SMILES string of the molecule is C1CNCCN1.COc1ccccc1C(=O)O. The van der Waals surface area contributed by atoms with Crippen LogP contribution in [-0.4, -0.2) is 44.4 Å². The average Bonchev–Trinajstić information content (AvgIpc) is 2.41. The van der Waals surface area contributed by atoms with Gasteiger partial charge in [0.2, 0.25) is 0 Å². The van der Waals surface area contributed by atoms with Gasteiger partial charge in [-0.1, -0.05) is 12.1 Å². The molecule has 0 aliphatic carbocycles. The Labute approximate surface area is 101 Å². The number of carboxylic acids is 1. The van der Waals surface area contributed by atoms with Crippen LogP contribution in [0.4, 0.5) is 0 Å². The summed E-state index contributed by atoms with van der Waals surface area (Å²) in [5.41, 5.74) is 0.190. The van der Waals surface area contributed by atoms with Crippen molar-refractivity contribution in [3.05, 3.63) is 29.8 Å². The first-order valence-corrected chi connectivity index (χ1v) is 5.53. The number of rotatable bonds is 2. The summed E-state index contributed by atoms with van der Waals surface area (Å²) in [4.78, 5) is 10.5. The van der Waals surface area contributed by atoms with Crippen LogP contribution in [-0.2, 0) is 0 Å². The molecule has 5 heteroatoms. The van der Waals surface area contributed by atoms with Crippen molar-refractivity contribution in [2.45, 2.75) is 0 Å². The highest BCUT2D eigenvalue weighted by molar-refractivity contribution is 5.90. The van der Waals surface area contributed by atoms with Crippen LogP contribution in [0.1, 0.15) is 10.4 Å². The van der Waals surface area contributed by atoms with Gasteiger partial charge in [-0.25, -0.2) is 4.79 Å². The minimum atomic E-state index is -0.970. The largest absolute Gasteiger partial charge is 0.496 e. The van der Waals surface area contributed by atoms with E-state index in [1.807, 2.05) is 0 Å². The first kappa shape index (κ1) is 13.5. The van der Waals surface area contributed by atoms with E-state index in [1.54, 1.807) is 18.2 Å². The minimum absolute atomic E-state index is 0.190. The predicted octanol–water partition coefficient (Wildman–Crippen LogP) is 0.573. The molecular weight excluding hydrogens is 220 g/mol. The number of ether oxygens (including phenoxy) is 1. The Balaban J connectivity index is 0.000000202. The molecule has 5 nitrogen and oxygen atoms in total. The van der Waals surface area contributed by atoms with Crippen LogP contribution in [0, 0.1) is 0 Å². The number of nitrogens with one attached hydrogen (secondary N) is 2. The highest BCUT2D eigenvalue weighted by atomic mass is 16.5. The Morgan fingerprint density at radius 2 is 1.71 bits per heavy atom. The van der Waals surface area contributed by atoms with Crippen molar-refractivity contribution in [3.8, 4) is 5.75 Å². The van der Waals surface area contributed by atoms with E-state index in [0.717, 1.165) is 26.2 Å². The number of carboxylic acid groups (broad SMARTS) is 1. The highest BCUT2D eigenvalue weighted by Crippen LogP contribution is 2.16. The molecule has 1 aliphatic heterocycles. The van der Waals surface area contributed by atoms with E-state index in [4.69, 9.17) is 9.84 Å². The zero-order valence-corrected chi connectivity index (χ0v) is 9.90. The Morgan fingerprint density at radius 1 is 1.18 bits per heavy atom. The molecule has 0 bridgehead atoms. The number of piperazine rings is 1. The molecule has 1 fully saturated rings. The molecule has 0 saturated carbocycles. The summed E-state index contributed by atoms with van der Waals surface area (Å²) in [5, 5.41) is 15.1. The molecule has 1 aromatic rings. The number of hydrogen-bond donors (Lipinski definition) is 3. The van der Waals surface area contributed by atoms with Crippen molar-refractivity contribution in [2.75, 3.05) is 33.3 Å². The molecule has 1 aliphatic rings. The van der Waals surface area contributed by atoms with E-state index in [2.05, 4.69) is 10.6 Å². The van der Waals surface area contributed by atoms with Crippen LogP contribution in [0.2, 0.25) is 0 Å². The van der Waals surface area contributed by atoms with Gasteiger partial charge in [-0.05, 0) is 12.1 Å². The molecule has 17 heavy (non-hydrogen) atoms. The lowest BCUT2D eigenvalue weighted by atomic mass is 10.2. The van der Waals surface area contributed by atoms with Crippen molar-refractivity contribution < 1.29 is 14.6 Å². The molecular formula is C12H18N2O3. The predicted molar refractivity (Wildman–Crippen MR) is 65.7 cm³/mol. The molecule has 2 rings (SSSR count). The van der Waals surface area contributed by atoms with Crippen LogP contribution >= 0.6 is 0 Å². The van der Waals surface area contributed by atoms with Gasteiger partial charge in [0.25, 0.3) is 0 Å². The fourth-order valence-electron chi connectivity index (χ4n) is 1.42. The van der Waals surface area contributed by atoms with Crippen molar-refractivity contribution in [2.24, 2.45) is 0 Å². The zero-order chi connectivity index (χ0) is 12.5. The van der Waals surface area contributed by atoms with Gasteiger partial charge in [-0.2, -0.15) is 0 Å². The summed E-state index contributed by atoms with van der Waals surface area (Å²) in [7, 11) is 1.45. The lowest BCUT2D eigenvalue weighted by molar-refractivity contribution is 0.0693. The number of hydrogen-bond acceptors (Lipinski definition) is 4. The number of carbonyl (C=O) groups is 1. The smallest absolute Gasteiger partial charge is 0.339 e. The molecule has 3 N–H and O–H groups in total. The summed E-state index contributed by atoms with van der Waals surface area (Å²) in [6.07, 6.45) is 0. The van der Waals surface area contributed by atoms with Crippen molar-refractivity contribution in [1.82, 2.24) is 10.6 Å². The minimum Gasteiger partial charge on any atom is -0.496 e. The first-order chi connectivity index (χ1) is 8.25. The normalized spacial score (nSPS) is 14.4. The number of benzene rings is 1. The van der Waals surface area contributed by atoms with Crippen LogP contribution in [0.15, 0.2) is 24.3 Å². The van der Waals surface area contributed by atoms with Gasteiger partial charge in [0.1, 0.15) is 11.3 Å². The summed E-state index contributed by atoms with van der Waals surface area (Å²) in [6, 6.07) is 6.50. The monoisotopic (exact) mass is 238 g/mol. The Hall–Kier alpha value is -1.59. The van der Waals surface area contributed by atoms with Crippen LogP contribution in [0.5, 0.6) is 5.75 Å². The van der Waals surface area contributed by atoms with E-state index >= 15 is 0 Å². The van der Waals surface area contributed by atoms with Gasteiger partial charge in [0.05, 0.1) is 7.11 Å². The van der Waals surface area contributed by atoms with E-state index < -0.39 is 5.97 Å². The second-order valence-electron chi connectivity index (χ2n) is 3.51. The number of methoxy groups -OCH3 is 1. The molecule has 1 saturated heterocycles. The van der Waals surface area contributed by atoms with Gasteiger partial charge >= 0.3 is 5.97 Å². The van der Waals surface area contributed by atoms with E-state index in [9.17, 15) is 4.79 Å². The second kappa shape index (κ2) is 7.65. The van der Waals surface area contributed by atoms with Gasteiger partial charge < -0.3 is 20.5 Å². The molecule has 0 radical (unpaired) electrons. The molecule has 0 amide bonds. The van der Waals surface area contributed by atoms with Gasteiger partial charge in [0, 0.05) is 26.2 Å². The molecule has 0 atom stereocenters. The number of para-hydroxylation sites is 1. The van der Waals surface area contributed by atoms with Crippen LogP contribution in [0.25, 0.3) is 0 Å². The molecule has 1 heterocycles. The lowest BCUT2D eigenvalue weighted by Crippen LogP contribution is -2.39. The quantitative estimate of drug-likeness (QED) is 0.703. The Kier molecular flexibility index (Phi) is 6.06. The van der Waals surface area contributed by atoms with Gasteiger partial charge in [-0.15, -0.1) is 0 Å². The van der Waals surface area contributed by atoms with Gasteiger partial charge in [-0.3, -0.25) is 0 Å². The highest BCUT2D eigenvalue weighted by Gasteiger charge is 2.07. The molecule has 0 unspecified atom stereocenters. The standard InChI is InChI=1S/C8H8O3.C4H10N2/c1-11-7-5-3-2-4-6(7)8(9)10;1-2-6-4-3-5-1/h2-5H,1H3,(H,9,10);5-6H,1-4H2. The first-order valence-electron chi connectivity index (χ1n) is 5.53. The molecule has 94 valence electrons. The third kappa shape index (κ3) is 4.84. The van der Waals surface area contributed by atoms with Crippen molar-refractivity contribution in [3.63, 3.8) is 0 Å². The Morgan fingerprint density at radius 3 is 2.06 bits per heavy atom. The van der Waals surface area contributed by atoms with Crippen LogP contribution in [0.3, 0.4) is 0 Å². The summed E-state index contributed by atoms with van der Waals surface area (Å²) in [6.45, 7) is 4.56. The summed E-state index contributed by atoms with van der Waals surface area (Å²) >= 11 is 0. The Bertz CT molecular complexity index is 340. The zero-order valence-electron chi connectivity index (χ0n) is 9.90. The topological polar surface area (TPSA) is 70.6 Å². The summed E-state index contributed by atoms with van der Waals surface area (Å²) < 4.78 is 4.83. The second-order valence-corrected chi connectivity index (χ2v) is 3.51. The molecule has 0 aromatic heterocycles. The van der Waals surface area contributed by atoms with Gasteiger partial charge in [0.15, 0.2) is 0 Å². The van der Waals surface area contributed by atoms with Crippen molar-refractivity contribution >= 4 is 5.97 Å². The maximum absolute atomic E-state index is 10.5. The fraction of sp³-hybridized carbons (Fsp3) is 0.417. The summed E-state index contributed by atoms with van der Waals surface area (Å²) in [5.74, 6) is -0.581. The average molecular weight is 238 g/mol. The fourth-order valence-corrected chi connectivity index (χ4v) is 1.42. The third-order valence-corrected chi connectivity index (χ3v) is 2.29. The lowest BCUT2D eigenvalue weighted by Gasteiger charge is -2.11. The van der Waals surface area contributed by atoms with Crippen LogP contribution < -0.4 is 15.4 Å².